The van der Waals surface area contributed by atoms with E-state index >= 15 is 0 Å². The number of esters is 1. The smallest absolute Gasteiger partial charge is 0.309 e. The molecule has 0 atom stereocenters. The highest BCUT2D eigenvalue weighted by Gasteiger charge is 2.25. The van der Waals surface area contributed by atoms with Gasteiger partial charge in [-0.2, -0.15) is 5.26 Å². The minimum atomic E-state index is -3.89. The van der Waals surface area contributed by atoms with Gasteiger partial charge in [-0.1, -0.05) is 12.1 Å². The Labute approximate surface area is 224 Å². The van der Waals surface area contributed by atoms with E-state index in [1.165, 1.54) is 44.6 Å². The molecule has 0 saturated heterocycles. The minimum absolute atomic E-state index is 0.159. The molecular formula is C27H23N3O8S. The van der Waals surface area contributed by atoms with Crippen molar-refractivity contribution in [2.24, 2.45) is 0 Å². The van der Waals surface area contributed by atoms with Crippen molar-refractivity contribution >= 4 is 32.6 Å². The van der Waals surface area contributed by atoms with Gasteiger partial charge in [-0.05, 0) is 47.5 Å². The van der Waals surface area contributed by atoms with Crippen molar-refractivity contribution in [1.29, 1.82) is 5.26 Å². The number of ether oxygens (including phenoxy) is 3. The van der Waals surface area contributed by atoms with E-state index in [0.29, 0.717) is 33.2 Å². The fourth-order valence-electron chi connectivity index (χ4n) is 4.30. The molecule has 1 aromatic heterocycles. The van der Waals surface area contributed by atoms with E-state index in [-0.39, 0.29) is 35.9 Å². The number of aromatic nitrogens is 1. The summed E-state index contributed by atoms with van der Waals surface area (Å²) in [6.07, 6.45) is 0.886. The van der Waals surface area contributed by atoms with Crippen LogP contribution in [0.3, 0.4) is 0 Å². The Morgan fingerprint density at radius 3 is 2.46 bits per heavy atom. The minimum Gasteiger partial charge on any atom is -0.469 e. The highest BCUT2D eigenvalue weighted by atomic mass is 32.2. The molecule has 0 bridgehead atoms. The Bertz CT molecular complexity index is 1750. The molecule has 4 aromatic rings. The highest BCUT2D eigenvalue weighted by molar-refractivity contribution is 7.89. The van der Waals surface area contributed by atoms with Crippen molar-refractivity contribution in [3.63, 3.8) is 0 Å². The average Bonchev–Trinajstić information content (AvgIpc) is 3.31. The summed E-state index contributed by atoms with van der Waals surface area (Å²) in [5.41, 5.74) is 2.21. The number of nitriles is 1. The van der Waals surface area contributed by atoms with Crippen LogP contribution in [0.15, 0.2) is 60.7 Å². The van der Waals surface area contributed by atoms with E-state index in [0.717, 1.165) is 10.2 Å². The van der Waals surface area contributed by atoms with Gasteiger partial charge in [-0.3, -0.25) is 14.9 Å². The van der Waals surface area contributed by atoms with Gasteiger partial charge in [-0.25, -0.2) is 12.4 Å². The van der Waals surface area contributed by atoms with Crippen LogP contribution in [0, 0.1) is 21.4 Å². The Hall–Kier alpha value is -4.73. The molecule has 0 aliphatic rings. The quantitative estimate of drug-likeness (QED) is 0.129. The summed E-state index contributed by atoms with van der Waals surface area (Å²) in [6.45, 7) is -0.219. The molecule has 0 unspecified atom stereocenters. The monoisotopic (exact) mass is 549 g/mol. The molecule has 0 N–H and O–H groups in total. The van der Waals surface area contributed by atoms with Crippen LogP contribution in [-0.4, -0.2) is 50.6 Å². The predicted molar refractivity (Wildman–Crippen MR) is 143 cm³/mol. The van der Waals surface area contributed by atoms with Crippen LogP contribution < -0.4 is 4.74 Å². The van der Waals surface area contributed by atoms with E-state index in [9.17, 15) is 28.6 Å². The first kappa shape index (κ1) is 27.3. The molecule has 11 nitrogen and oxygen atoms in total. The van der Waals surface area contributed by atoms with Crippen LogP contribution >= 0.6 is 0 Å². The Balaban J connectivity index is 2.13. The number of nitro groups is 1. The molecule has 4 rings (SSSR count). The molecule has 0 radical (unpaired) electrons. The summed E-state index contributed by atoms with van der Waals surface area (Å²) in [7, 11) is -1.23. The van der Waals surface area contributed by atoms with Crippen molar-refractivity contribution in [1.82, 2.24) is 3.97 Å². The first-order valence-electron chi connectivity index (χ1n) is 11.4. The van der Waals surface area contributed by atoms with Crippen molar-refractivity contribution in [2.45, 2.75) is 6.42 Å². The zero-order valence-corrected chi connectivity index (χ0v) is 22.0. The zero-order chi connectivity index (χ0) is 28.3. The Morgan fingerprint density at radius 1 is 1.08 bits per heavy atom. The van der Waals surface area contributed by atoms with Gasteiger partial charge < -0.3 is 14.2 Å². The van der Waals surface area contributed by atoms with E-state index in [2.05, 4.69) is 0 Å². The fraction of sp³-hybridized carbons (Fsp3) is 0.185. The van der Waals surface area contributed by atoms with Crippen LogP contribution in [0.1, 0.15) is 11.1 Å². The van der Waals surface area contributed by atoms with Crippen molar-refractivity contribution in [2.75, 3.05) is 27.3 Å². The third kappa shape index (κ3) is 5.59. The lowest BCUT2D eigenvalue weighted by atomic mass is 9.95. The summed E-state index contributed by atoms with van der Waals surface area (Å²) in [5.74, 6) is -0.363. The van der Waals surface area contributed by atoms with Gasteiger partial charge in [0.1, 0.15) is 5.75 Å². The number of non-ortho nitro benzene ring substituents is 1. The van der Waals surface area contributed by atoms with Crippen molar-refractivity contribution in [3.8, 4) is 34.2 Å². The lowest BCUT2D eigenvalue weighted by Crippen LogP contribution is -2.13. The van der Waals surface area contributed by atoms with Gasteiger partial charge in [0, 0.05) is 35.8 Å². The number of carbonyl (C=O) groups is 1. The summed E-state index contributed by atoms with van der Waals surface area (Å²) < 4.78 is 43.1. The maximum absolute atomic E-state index is 13.0. The Morgan fingerprint density at radius 2 is 1.82 bits per heavy atom. The maximum atomic E-state index is 13.0. The lowest BCUT2D eigenvalue weighted by Gasteiger charge is -2.19. The molecule has 0 aliphatic carbocycles. The second kappa shape index (κ2) is 10.9. The van der Waals surface area contributed by atoms with Crippen molar-refractivity contribution < 1.29 is 32.3 Å². The Kier molecular flexibility index (Phi) is 7.66. The summed E-state index contributed by atoms with van der Waals surface area (Å²) >= 11 is 0. The zero-order valence-electron chi connectivity index (χ0n) is 21.2. The number of rotatable bonds is 9. The lowest BCUT2D eigenvalue weighted by molar-refractivity contribution is -0.384. The molecular weight excluding hydrogens is 526 g/mol. The molecule has 12 heteroatoms. The van der Waals surface area contributed by atoms with Crippen LogP contribution in [0.4, 0.5) is 5.69 Å². The average molecular weight is 550 g/mol. The van der Waals surface area contributed by atoms with E-state index in [4.69, 9.17) is 14.2 Å². The van der Waals surface area contributed by atoms with Crippen molar-refractivity contribution in [3.05, 3.63) is 81.9 Å². The maximum Gasteiger partial charge on any atom is 0.309 e. The predicted octanol–water partition coefficient (Wildman–Crippen LogP) is 4.26. The standard InChI is InChI=1S/C27H23N3O8S/c1-36-16-38-27-22(19-5-4-6-21(13-19)30(32)33)10-18(12-26(31)37-2)11-23(27)25-14-20-9-17(15-28)7-8-24(20)29(25)39(3,34)35/h4-11,13-14H,12,16H2,1-3H3. The fourth-order valence-corrected chi connectivity index (χ4v) is 5.33. The normalized spacial score (nSPS) is 11.2. The number of benzene rings is 3. The largest absolute Gasteiger partial charge is 0.469 e. The third-order valence-electron chi connectivity index (χ3n) is 5.91. The molecule has 1 heterocycles. The van der Waals surface area contributed by atoms with Crippen LogP contribution in [-0.2, 0) is 30.7 Å². The number of hydrogen-bond donors (Lipinski definition) is 0. The SMILES string of the molecule is COCOc1c(-c2cccc([N+](=O)[O-])c2)cc(CC(=O)OC)cc1-c1cc2cc(C#N)ccc2n1S(C)(=O)=O. The topological polar surface area (TPSA) is 151 Å². The van der Waals surface area contributed by atoms with Gasteiger partial charge in [0.05, 0.1) is 47.6 Å². The third-order valence-corrected chi connectivity index (χ3v) is 6.96. The number of carbonyl (C=O) groups excluding carboxylic acids is 1. The van der Waals surface area contributed by atoms with Gasteiger partial charge in [0.2, 0.25) is 10.0 Å². The number of fused-ring (bicyclic) bond motifs is 1. The molecule has 0 fully saturated rings. The molecule has 3 aromatic carbocycles. The van der Waals surface area contributed by atoms with Gasteiger partial charge in [0.15, 0.2) is 6.79 Å². The summed E-state index contributed by atoms with van der Waals surface area (Å²) in [6, 6.07) is 17.3. The second-order valence-electron chi connectivity index (χ2n) is 8.57. The molecule has 39 heavy (non-hydrogen) atoms. The number of methoxy groups -OCH3 is 2. The number of nitrogens with zero attached hydrogens (tertiary/aromatic N) is 3. The molecule has 0 amide bonds. The molecule has 0 spiro atoms. The van der Waals surface area contributed by atoms with E-state index in [1.807, 2.05) is 6.07 Å². The van der Waals surface area contributed by atoms with Gasteiger partial charge in [-0.15, -0.1) is 0 Å². The van der Waals surface area contributed by atoms with Gasteiger partial charge in [0.25, 0.3) is 5.69 Å². The summed E-state index contributed by atoms with van der Waals surface area (Å²) in [4.78, 5) is 23.2. The van der Waals surface area contributed by atoms with Crippen LogP contribution in [0.5, 0.6) is 5.75 Å². The van der Waals surface area contributed by atoms with E-state index in [1.54, 1.807) is 30.3 Å². The summed E-state index contributed by atoms with van der Waals surface area (Å²) in [5, 5.41) is 21.3. The first-order valence-corrected chi connectivity index (χ1v) is 13.3. The van der Waals surface area contributed by atoms with E-state index < -0.39 is 20.9 Å². The van der Waals surface area contributed by atoms with Gasteiger partial charge >= 0.3 is 5.97 Å². The first-order chi connectivity index (χ1) is 18.6. The second-order valence-corrected chi connectivity index (χ2v) is 10.4. The number of hydrogen-bond acceptors (Lipinski definition) is 9. The molecule has 0 aliphatic heterocycles. The molecule has 0 saturated carbocycles. The molecule has 200 valence electrons. The number of nitro benzene ring substituents is 1. The van der Waals surface area contributed by atoms with Crippen LogP contribution in [0.2, 0.25) is 0 Å². The highest BCUT2D eigenvalue weighted by Crippen LogP contribution is 2.43. The van der Waals surface area contributed by atoms with Crippen LogP contribution in [0.25, 0.3) is 33.3 Å².